The van der Waals surface area contributed by atoms with Crippen LogP contribution < -0.4 is 10.5 Å². The maximum atomic E-state index is 12.0. The molecule has 19 heavy (non-hydrogen) atoms. The van der Waals surface area contributed by atoms with Crippen molar-refractivity contribution in [3.05, 3.63) is 53.6 Å². The Morgan fingerprint density at radius 2 is 1.68 bits per heavy atom. The van der Waals surface area contributed by atoms with Crippen molar-refractivity contribution in [3.63, 3.8) is 0 Å². The molecule has 100 valence electrons. The molecular weight excluding hydrogens is 282 g/mol. The van der Waals surface area contributed by atoms with E-state index in [-0.39, 0.29) is 0 Å². The summed E-state index contributed by atoms with van der Waals surface area (Å²) in [4.78, 5) is 0.755. The molecule has 2 rings (SSSR count). The summed E-state index contributed by atoms with van der Waals surface area (Å²) in [5, 5.41) is 0.638. The van der Waals surface area contributed by atoms with E-state index in [2.05, 4.69) is 0 Å². The van der Waals surface area contributed by atoms with E-state index in [1.807, 2.05) is 0 Å². The van der Waals surface area contributed by atoms with E-state index in [1.54, 1.807) is 48.5 Å². The van der Waals surface area contributed by atoms with Gasteiger partial charge in [-0.25, -0.2) is 0 Å². The molecule has 3 nitrogen and oxygen atoms in total. The Labute approximate surface area is 119 Å². The summed E-state index contributed by atoms with van der Waals surface area (Å²) in [7, 11) is -1.08. The molecular formula is C14H14ClNO2S. The van der Waals surface area contributed by atoms with E-state index in [0.29, 0.717) is 23.1 Å². The average molecular weight is 296 g/mol. The molecule has 2 N–H and O–H groups in total. The lowest BCUT2D eigenvalue weighted by atomic mass is 10.3. The van der Waals surface area contributed by atoms with Crippen LogP contribution in [-0.4, -0.2) is 16.6 Å². The maximum Gasteiger partial charge on any atom is 0.119 e. The number of anilines is 1. The van der Waals surface area contributed by atoms with Crippen LogP contribution in [0.25, 0.3) is 0 Å². The van der Waals surface area contributed by atoms with E-state index in [9.17, 15) is 4.21 Å². The Morgan fingerprint density at radius 1 is 1.05 bits per heavy atom. The van der Waals surface area contributed by atoms with Crippen LogP contribution in [-0.2, 0) is 10.8 Å². The zero-order valence-corrected chi connectivity index (χ0v) is 11.8. The lowest BCUT2D eigenvalue weighted by Gasteiger charge is -2.06. The summed E-state index contributed by atoms with van der Waals surface area (Å²) in [5.41, 5.74) is 6.27. The van der Waals surface area contributed by atoms with Crippen molar-refractivity contribution in [1.82, 2.24) is 0 Å². The molecule has 0 aliphatic carbocycles. The lowest BCUT2D eigenvalue weighted by Crippen LogP contribution is -2.08. The summed E-state index contributed by atoms with van der Waals surface area (Å²) in [6.45, 7) is 0.388. The summed E-state index contributed by atoms with van der Waals surface area (Å²) in [6.07, 6.45) is 0. The van der Waals surface area contributed by atoms with Crippen molar-refractivity contribution in [2.45, 2.75) is 4.90 Å². The second-order valence-electron chi connectivity index (χ2n) is 3.92. The molecule has 0 saturated heterocycles. The maximum absolute atomic E-state index is 12.0. The monoisotopic (exact) mass is 295 g/mol. The van der Waals surface area contributed by atoms with E-state index < -0.39 is 10.8 Å². The van der Waals surface area contributed by atoms with Gasteiger partial charge in [0, 0.05) is 15.6 Å². The third kappa shape index (κ3) is 4.26. The number of rotatable bonds is 5. The van der Waals surface area contributed by atoms with E-state index in [0.717, 1.165) is 10.6 Å². The van der Waals surface area contributed by atoms with Gasteiger partial charge in [-0.15, -0.1) is 0 Å². The van der Waals surface area contributed by atoms with Crippen molar-refractivity contribution in [1.29, 1.82) is 0 Å². The van der Waals surface area contributed by atoms with Crippen LogP contribution >= 0.6 is 11.6 Å². The molecule has 0 radical (unpaired) electrons. The molecule has 0 saturated carbocycles. The largest absolute Gasteiger partial charge is 0.493 e. The predicted molar refractivity (Wildman–Crippen MR) is 79.1 cm³/mol. The average Bonchev–Trinajstić information content (AvgIpc) is 2.41. The van der Waals surface area contributed by atoms with Crippen LogP contribution in [0.15, 0.2) is 53.4 Å². The van der Waals surface area contributed by atoms with Crippen molar-refractivity contribution < 1.29 is 8.95 Å². The highest BCUT2D eigenvalue weighted by Gasteiger charge is 2.04. The molecule has 1 atom stereocenters. The summed E-state index contributed by atoms with van der Waals surface area (Å²) in [6, 6.07) is 14.1. The summed E-state index contributed by atoms with van der Waals surface area (Å²) >= 11 is 5.78. The highest BCUT2D eigenvalue weighted by Crippen LogP contribution is 2.15. The van der Waals surface area contributed by atoms with Gasteiger partial charge in [0.15, 0.2) is 0 Å². The molecule has 2 aromatic carbocycles. The third-order valence-corrected chi connectivity index (χ3v) is 4.08. The van der Waals surface area contributed by atoms with E-state index in [1.165, 1.54) is 0 Å². The van der Waals surface area contributed by atoms with Gasteiger partial charge in [-0.2, -0.15) is 0 Å². The van der Waals surface area contributed by atoms with Gasteiger partial charge in [-0.1, -0.05) is 11.6 Å². The zero-order chi connectivity index (χ0) is 13.7. The Hall–Kier alpha value is -1.52. The predicted octanol–water partition coefficient (Wildman–Crippen LogP) is 3.11. The molecule has 0 spiro atoms. The first-order valence-electron chi connectivity index (χ1n) is 5.77. The first-order valence-corrected chi connectivity index (χ1v) is 7.47. The fourth-order valence-corrected chi connectivity index (χ4v) is 2.54. The first kappa shape index (κ1) is 13.9. The topological polar surface area (TPSA) is 52.3 Å². The molecule has 2 aromatic rings. The molecule has 0 heterocycles. The Bertz CT molecular complexity index is 555. The normalized spacial score (nSPS) is 12.1. The van der Waals surface area contributed by atoms with Crippen LogP contribution in [0.2, 0.25) is 5.02 Å². The number of hydrogen-bond acceptors (Lipinski definition) is 3. The standard InChI is InChI=1S/C14H14ClNO2S/c15-11-1-7-14(8-2-11)19(17)10-9-18-13-5-3-12(16)4-6-13/h1-8H,9-10,16H2. The van der Waals surface area contributed by atoms with Gasteiger partial charge in [0.25, 0.3) is 0 Å². The Kier molecular flexibility index (Phi) is 4.82. The number of benzene rings is 2. The van der Waals surface area contributed by atoms with Gasteiger partial charge in [-0.3, -0.25) is 4.21 Å². The van der Waals surface area contributed by atoms with Gasteiger partial charge in [0.05, 0.1) is 16.6 Å². The number of nitrogen functional groups attached to an aromatic ring is 1. The van der Waals surface area contributed by atoms with Crippen molar-refractivity contribution in [2.24, 2.45) is 0 Å². The second kappa shape index (κ2) is 6.59. The molecule has 1 unspecified atom stereocenters. The van der Waals surface area contributed by atoms with Crippen LogP contribution in [0.1, 0.15) is 0 Å². The number of nitrogens with two attached hydrogens (primary N) is 1. The minimum Gasteiger partial charge on any atom is -0.493 e. The zero-order valence-electron chi connectivity index (χ0n) is 10.2. The van der Waals surface area contributed by atoms with Crippen molar-refractivity contribution >= 4 is 28.1 Å². The molecule has 0 amide bonds. The van der Waals surface area contributed by atoms with Crippen molar-refractivity contribution in [3.8, 4) is 5.75 Å². The summed E-state index contributed by atoms with van der Waals surface area (Å²) < 4.78 is 17.5. The van der Waals surface area contributed by atoms with Crippen molar-refractivity contribution in [2.75, 3.05) is 18.1 Å². The molecule has 5 heteroatoms. The quantitative estimate of drug-likeness (QED) is 0.862. The second-order valence-corrected chi connectivity index (χ2v) is 5.93. The Balaban J connectivity index is 1.84. The first-order chi connectivity index (χ1) is 9.15. The van der Waals surface area contributed by atoms with Crippen LogP contribution in [0, 0.1) is 0 Å². The number of ether oxygens (including phenoxy) is 1. The van der Waals surface area contributed by atoms with Crippen LogP contribution in [0.4, 0.5) is 5.69 Å². The van der Waals surface area contributed by atoms with Crippen LogP contribution in [0.3, 0.4) is 0 Å². The molecule has 0 fully saturated rings. The third-order valence-electron chi connectivity index (χ3n) is 2.49. The highest BCUT2D eigenvalue weighted by molar-refractivity contribution is 7.85. The van der Waals surface area contributed by atoms with Gasteiger partial charge < -0.3 is 10.5 Å². The molecule has 0 bridgehead atoms. The van der Waals surface area contributed by atoms with Gasteiger partial charge in [0.2, 0.25) is 0 Å². The molecule has 0 aliphatic heterocycles. The smallest absolute Gasteiger partial charge is 0.119 e. The SMILES string of the molecule is Nc1ccc(OCCS(=O)c2ccc(Cl)cc2)cc1. The van der Waals surface area contributed by atoms with Crippen LogP contribution in [0.5, 0.6) is 5.75 Å². The Morgan fingerprint density at radius 3 is 2.32 bits per heavy atom. The van der Waals surface area contributed by atoms with Gasteiger partial charge in [-0.05, 0) is 48.5 Å². The lowest BCUT2D eigenvalue weighted by molar-refractivity contribution is 0.342. The molecule has 0 aliphatic rings. The number of hydrogen-bond donors (Lipinski definition) is 1. The minimum atomic E-state index is -1.08. The highest BCUT2D eigenvalue weighted by atomic mass is 35.5. The fraction of sp³-hybridized carbons (Fsp3) is 0.143. The molecule has 0 aromatic heterocycles. The van der Waals surface area contributed by atoms with Gasteiger partial charge >= 0.3 is 0 Å². The number of halogens is 1. The minimum absolute atomic E-state index is 0.388. The van der Waals surface area contributed by atoms with Gasteiger partial charge in [0.1, 0.15) is 12.4 Å². The summed E-state index contributed by atoms with van der Waals surface area (Å²) in [5.74, 6) is 1.16. The fourth-order valence-electron chi connectivity index (χ4n) is 1.50. The van der Waals surface area contributed by atoms with E-state index in [4.69, 9.17) is 22.1 Å². The van der Waals surface area contributed by atoms with E-state index >= 15 is 0 Å².